The zero-order chi connectivity index (χ0) is 14.7. The van der Waals surface area contributed by atoms with Crippen molar-refractivity contribution < 1.29 is 14.0 Å². The smallest absolute Gasteiger partial charge is 0.181 e. The van der Waals surface area contributed by atoms with Crippen molar-refractivity contribution in [2.75, 3.05) is 0 Å². The van der Waals surface area contributed by atoms with Gasteiger partial charge in [0.2, 0.25) is 0 Å². The molecule has 4 nitrogen and oxygen atoms in total. The molecule has 2 aromatic heterocycles. The molecule has 0 radical (unpaired) electrons. The summed E-state index contributed by atoms with van der Waals surface area (Å²) in [5.74, 6) is -0.171. The maximum atomic E-state index is 12.1. The van der Waals surface area contributed by atoms with Gasteiger partial charge in [-0.1, -0.05) is 6.07 Å². The van der Waals surface area contributed by atoms with Crippen molar-refractivity contribution >= 4 is 22.5 Å². The Morgan fingerprint density at radius 2 is 1.86 bits per heavy atom. The van der Waals surface area contributed by atoms with Crippen molar-refractivity contribution in [3.63, 3.8) is 0 Å². The molecular formula is C17H13NO3. The second kappa shape index (κ2) is 5.71. The fraction of sp³-hybridized carbons (Fsp3) is 0.118. The molecule has 0 fully saturated rings. The SMILES string of the molecule is O=C(CCC(=O)c1ccccn1)c1ccc2occc2c1. The average Bonchev–Trinajstić information content (AvgIpc) is 3.00. The number of nitrogens with zero attached hydrogens (tertiary/aromatic N) is 1. The second-order valence-corrected chi connectivity index (χ2v) is 4.73. The van der Waals surface area contributed by atoms with Crippen LogP contribution in [0.3, 0.4) is 0 Å². The van der Waals surface area contributed by atoms with Gasteiger partial charge in [0.1, 0.15) is 11.3 Å². The molecule has 4 heteroatoms. The molecule has 0 aliphatic carbocycles. The summed E-state index contributed by atoms with van der Waals surface area (Å²) in [7, 11) is 0. The van der Waals surface area contributed by atoms with Gasteiger partial charge in [0.15, 0.2) is 11.6 Å². The molecule has 0 bridgehead atoms. The number of carbonyl (C=O) groups is 2. The van der Waals surface area contributed by atoms with Gasteiger partial charge in [0.25, 0.3) is 0 Å². The van der Waals surface area contributed by atoms with E-state index >= 15 is 0 Å². The summed E-state index contributed by atoms with van der Waals surface area (Å²) in [6.45, 7) is 0. The Balaban J connectivity index is 1.67. The lowest BCUT2D eigenvalue weighted by atomic mass is 10.0. The van der Waals surface area contributed by atoms with Crippen LogP contribution in [0.15, 0.2) is 59.3 Å². The van der Waals surface area contributed by atoms with Gasteiger partial charge >= 0.3 is 0 Å². The number of furan rings is 1. The lowest BCUT2D eigenvalue weighted by Gasteiger charge is -2.01. The zero-order valence-electron chi connectivity index (χ0n) is 11.3. The molecule has 21 heavy (non-hydrogen) atoms. The monoisotopic (exact) mass is 279 g/mol. The largest absolute Gasteiger partial charge is 0.464 e. The fourth-order valence-corrected chi connectivity index (χ4v) is 2.17. The van der Waals surface area contributed by atoms with E-state index in [4.69, 9.17) is 4.42 Å². The minimum atomic E-state index is -0.117. The van der Waals surface area contributed by atoms with E-state index in [1.165, 1.54) is 0 Å². The Labute approximate surface area is 121 Å². The number of carbonyl (C=O) groups excluding carboxylic acids is 2. The summed E-state index contributed by atoms with van der Waals surface area (Å²) in [5.41, 5.74) is 1.74. The van der Waals surface area contributed by atoms with E-state index in [0.717, 1.165) is 11.0 Å². The van der Waals surface area contributed by atoms with Gasteiger partial charge in [0, 0.05) is 30.0 Å². The van der Waals surface area contributed by atoms with E-state index in [2.05, 4.69) is 4.98 Å². The highest BCUT2D eigenvalue weighted by molar-refractivity contribution is 6.02. The van der Waals surface area contributed by atoms with Crippen LogP contribution in [0.5, 0.6) is 0 Å². The van der Waals surface area contributed by atoms with E-state index in [9.17, 15) is 9.59 Å². The Morgan fingerprint density at radius 3 is 2.67 bits per heavy atom. The summed E-state index contributed by atoms with van der Waals surface area (Å²) < 4.78 is 5.23. The molecule has 0 saturated carbocycles. The molecule has 0 aliphatic rings. The number of hydrogen-bond acceptors (Lipinski definition) is 4. The number of aromatic nitrogens is 1. The van der Waals surface area contributed by atoms with Crippen LogP contribution in [0.2, 0.25) is 0 Å². The molecule has 0 aliphatic heterocycles. The van der Waals surface area contributed by atoms with Crippen LogP contribution in [-0.2, 0) is 0 Å². The summed E-state index contributed by atoms with van der Waals surface area (Å²) >= 11 is 0. The first kappa shape index (κ1) is 13.2. The highest BCUT2D eigenvalue weighted by Crippen LogP contribution is 2.18. The summed E-state index contributed by atoms with van der Waals surface area (Å²) in [6.07, 6.45) is 3.50. The zero-order valence-corrected chi connectivity index (χ0v) is 11.3. The lowest BCUT2D eigenvalue weighted by molar-refractivity contribution is 0.0915. The van der Waals surface area contributed by atoms with Gasteiger partial charge in [-0.3, -0.25) is 14.6 Å². The molecule has 104 valence electrons. The van der Waals surface area contributed by atoms with Crippen molar-refractivity contribution in [3.05, 3.63) is 66.2 Å². The third kappa shape index (κ3) is 2.89. The number of fused-ring (bicyclic) bond motifs is 1. The van der Waals surface area contributed by atoms with Crippen molar-refractivity contribution in [2.45, 2.75) is 12.8 Å². The van der Waals surface area contributed by atoms with Gasteiger partial charge in [-0.2, -0.15) is 0 Å². The van der Waals surface area contributed by atoms with E-state index < -0.39 is 0 Å². The Hall–Kier alpha value is -2.75. The average molecular weight is 279 g/mol. The Morgan fingerprint density at radius 1 is 1.00 bits per heavy atom. The predicted octanol–water partition coefficient (Wildman–Crippen LogP) is 3.67. The molecule has 0 amide bonds. The van der Waals surface area contributed by atoms with Crippen molar-refractivity contribution in [3.8, 4) is 0 Å². The van der Waals surface area contributed by atoms with Gasteiger partial charge in [-0.15, -0.1) is 0 Å². The van der Waals surface area contributed by atoms with Gasteiger partial charge in [-0.25, -0.2) is 0 Å². The number of rotatable bonds is 5. The highest BCUT2D eigenvalue weighted by atomic mass is 16.3. The van der Waals surface area contributed by atoms with E-state index in [-0.39, 0.29) is 24.4 Å². The molecule has 3 aromatic rings. The molecule has 3 rings (SSSR count). The van der Waals surface area contributed by atoms with Crippen LogP contribution in [0.25, 0.3) is 11.0 Å². The third-order valence-corrected chi connectivity index (χ3v) is 3.30. The Bertz CT molecular complexity index is 790. The molecule has 2 heterocycles. The Kier molecular flexibility index (Phi) is 3.60. The predicted molar refractivity (Wildman–Crippen MR) is 78.3 cm³/mol. The van der Waals surface area contributed by atoms with Gasteiger partial charge in [-0.05, 0) is 36.4 Å². The second-order valence-electron chi connectivity index (χ2n) is 4.73. The number of pyridine rings is 1. The van der Waals surface area contributed by atoms with Crippen LogP contribution in [0, 0.1) is 0 Å². The van der Waals surface area contributed by atoms with Crippen LogP contribution < -0.4 is 0 Å². The number of ketones is 2. The molecule has 0 spiro atoms. The van der Waals surface area contributed by atoms with Gasteiger partial charge < -0.3 is 4.42 Å². The van der Waals surface area contributed by atoms with E-state index in [1.807, 2.05) is 6.07 Å². The number of benzene rings is 1. The normalized spacial score (nSPS) is 10.7. The molecule has 0 atom stereocenters. The summed E-state index contributed by atoms with van der Waals surface area (Å²) in [6, 6.07) is 12.3. The topological polar surface area (TPSA) is 60.2 Å². The van der Waals surface area contributed by atoms with E-state index in [1.54, 1.807) is 48.9 Å². The minimum absolute atomic E-state index is 0.0534. The molecule has 1 aromatic carbocycles. The maximum absolute atomic E-state index is 12.1. The number of Topliss-reactive ketones (excluding diaryl/α,β-unsaturated/α-hetero) is 2. The van der Waals surface area contributed by atoms with Crippen molar-refractivity contribution in [1.29, 1.82) is 0 Å². The summed E-state index contributed by atoms with van der Waals surface area (Å²) in [5, 5.41) is 0.886. The number of hydrogen-bond donors (Lipinski definition) is 0. The quantitative estimate of drug-likeness (QED) is 0.668. The maximum Gasteiger partial charge on any atom is 0.181 e. The van der Waals surface area contributed by atoms with E-state index in [0.29, 0.717) is 11.3 Å². The molecular weight excluding hydrogens is 266 g/mol. The first-order valence-corrected chi connectivity index (χ1v) is 6.69. The van der Waals surface area contributed by atoms with Crippen molar-refractivity contribution in [2.24, 2.45) is 0 Å². The minimum Gasteiger partial charge on any atom is -0.464 e. The van der Waals surface area contributed by atoms with Crippen LogP contribution in [0.1, 0.15) is 33.7 Å². The van der Waals surface area contributed by atoms with Crippen molar-refractivity contribution in [1.82, 2.24) is 4.98 Å². The first-order chi connectivity index (χ1) is 10.2. The fourth-order valence-electron chi connectivity index (χ4n) is 2.17. The highest BCUT2D eigenvalue weighted by Gasteiger charge is 2.12. The molecule has 0 saturated heterocycles. The third-order valence-electron chi connectivity index (χ3n) is 3.30. The van der Waals surface area contributed by atoms with Crippen LogP contribution in [0.4, 0.5) is 0 Å². The van der Waals surface area contributed by atoms with Gasteiger partial charge in [0.05, 0.1) is 6.26 Å². The van der Waals surface area contributed by atoms with Crippen LogP contribution >= 0.6 is 0 Å². The summed E-state index contributed by atoms with van der Waals surface area (Å²) in [4.78, 5) is 28.1. The molecule has 0 unspecified atom stereocenters. The first-order valence-electron chi connectivity index (χ1n) is 6.69. The molecule has 0 N–H and O–H groups in total. The lowest BCUT2D eigenvalue weighted by Crippen LogP contribution is -2.06. The van der Waals surface area contributed by atoms with Crippen LogP contribution in [-0.4, -0.2) is 16.6 Å². The standard InChI is InChI=1S/C17H13NO3/c19-15(5-6-16(20)14-3-1-2-9-18-14)12-4-7-17-13(11-12)8-10-21-17/h1-4,7-11H,5-6H2.